The lowest BCUT2D eigenvalue weighted by Crippen LogP contribution is -1.96. The number of hydrogen-bond acceptors (Lipinski definition) is 2. The summed E-state index contributed by atoms with van der Waals surface area (Å²) in [4.78, 5) is 5.15. The fraction of sp³-hybridized carbons (Fsp3) is 0. The molecule has 0 bridgehead atoms. The fourth-order valence-corrected chi connectivity index (χ4v) is 10.1. The highest BCUT2D eigenvalue weighted by molar-refractivity contribution is 7.26. The maximum Gasteiger partial charge on any atom is 0.0715 e. The third-order valence-corrected chi connectivity index (χ3v) is 12.7. The van der Waals surface area contributed by atoms with Crippen molar-refractivity contribution in [3.8, 4) is 45.0 Å². The Kier molecular flexibility index (Phi) is 7.10. The summed E-state index contributed by atoms with van der Waals surface area (Å²) < 4.78 is 7.56. The van der Waals surface area contributed by atoms with Gasteiger partial charge in [0, 0.05) is 53.8 Å². The van der Waals surface area contributed by atoms with Crippen molar-refractivity contribution < 1.29 is 0 Å². The van der Waals surface area contributed by atoms with Crippen molar-refractivity contribution in [2.45, 2.75) is 0 Å². The normalized spacial score (nSPS) is 11.9. The van der Waals surface area contributed by atoms with Crippen LogP contribution in [0.25, 0.3) is 109 Å². The molecule has 0 aliphatic carbocycles. The van der Waals surface area contributed by atoms with Crippen LogP contribution in [0.1, 0.15) is 0 Å². The second-order valence-electron chi connectivity index (χ2n) is 14.8. The highest BCUT2D eigenvalue weighted by atomic mass is 32.1. The maximum absolute atomic E-state index is 5.15. The lowest BCUT2D eigenvalue weighted by Gasteiger charge is -2.13. The summed E-state index contributed by atoms with van der Waals surface area (Å²) in [5, 5.41) is 7.57. The molecule has 0 aliphatic rings. The first kappa shape index (κ1) is 32.0. The van der Waals surface area contributed by atoms with Gasteiger partial charge in [-0.25, -0.2) is 4.98 Å². The van der Waals surface area contributed by atoms with E-state index in [4.69, 9.17) is 4.98 Å². The first-order chi connectivity index (χ1) is 28.3. The van der Waals surface area contributed by atoms with E-state index in [0.717, 1.165) is 39.3 Å². The predicted octanol–water partition coefficient (Wildman–Crippen LogP) is 14.6. The van der Waals surface area contributed by atoms with E-state index in [2.05, 4.69) is 209 Å². The molecule has 0 atom stereocenters. The van der Waals surface area contributed by atoms with E-state index in [0.29, 0.717) is 0 Å². The van der Waals surface area contributed by atoms with Gasteiger partial charge in [0.15, 0.2) is 0 Å². The monoisotopic (exact) mass is 743 g/mol. The van der Waals surface area contributed by atoms with Crippen molar-refractivity contribution >= 4 is 75.1 Å². The van der Waals surface area contributed by atoms with E-state index >= 15 is 0 Å². The first-order valence-electron chi connectivity index (χ1n) is 19.4. The van der Waals surface area contributed by atoms with E-state index in [1.165, 1.54) is 69.5 Å². The topological polar surface area (TPSA) is 22.8 Å². The van der Waals surface area contributed by atoms with E-state index in [-0.39, 0.29) is 0 Å². The summed E-state index contributed by atoms with van der Waals surface area (Å²) in [7, 11) is 0. The fourth-order valence-electron chi connectivity index (χ4n) is 8.91. The van der Waals surface area contributed by atoms with Gasteiger partial charge >= 0.3 is 0 Å². The van der Waals surface area contributed by atoms with Crippen LogP contribution in [0.3, 0.4) is 0 Å². The molecule has 57 heavy (non-hydrogen) atoms. The lowest BCUT2D eigenvalue weighted by atomic mass is 9.99. The Morgan fingerprint density at radius 1 is 0.333 bits per heavy atom. The van der Waals surface area contributed by atoms with Crippen molar-refractivity contribution in [1.82, 2.24) is 14.1 Å². The molecule has 0 fully saturated rings. The molecule has 0 radical (unpaired) electrons. The number of hydrogen-bond donors (Lipinski definition) is 0. The summed E-state index contributed by atoms with van der Waals surface area (Å²) in [6.45, 7) is 0. The molecule has 0 saturated heterocycles. The summed E-state index contributed by atoms with van der Waals surface area (Å²) in [6.07, 6.45) is 0. The Hall–Kier alpha value is -7.27. The molecule has 0 spiro atoms. The molecule has 12 rings (SSSR count). The number of rotatable bonds is 5. The number of para-hydroxylation sites is 2. The summed E-state index contributed by atoms with van der Waals surface area (Å²) in [6, 6.07) is 72.5. The molecule has 0 saturated carbocycles. The molecule has 3 nitrogen and oxygen atoms in total. The number of fused-ring (bicyclic) bond motifs is 9. The maximum atomic E-state index is 5.15. The molecule has 8 aromatic carbocycles. The van der Waals surface area contributed by atoms with E-state index < -0.39 is 0 Å². The molecular weight excluding hydrogens is 711 g/mol. The van der Waals surface area contributed by atoms with Crippen molar-refractivity contribution in [3.05, 3.63) is 200 Å². The Morgan fingerprint density at radius 3 is 1.54 bits per heavy atom. The van der Waals surface area contributed by atoms with Crippen LogP contribution >= 0.6 is 11.3 Å². The van der Waals surface area contributed by atoms with Gasteiger partial charge in [-0.15, -0.1) is 11.3 Å². The summed E-state index contributed by atoms with van der Waals surface area (Å²) >= 11 is 1.88. The molecular formula is C53H33N3S. The third kappa shape index (κ3) is 5.01. The van der Waals surface area contributed by atoms with Crippen LogP contribution in [0, 0.1) is 0 Å². The second kappa shape index (κ2) is 12.6. The first-order valence-corrected chi connectivity index (χ1v) is 20.2. The van der Waals surface area contributed by atoms with Crippen LogP contribution < -0.4 is 0 Å². The van der Waals surface area contributed by atoms with Crippen LogP contribution in [-0.4, -0.2) is 14.1 Å². The minimum atomic E-state index is 0.958. The van der Waals surface area contributed by atoms with Crippen molar-refractivity contribution in [2.75, 3.05) is 0 Å². The molecule has 4 aromatic heterocycles. The number of pyridine rings is 1. The summed E-state index contributed by atoms with van der Waals surface area (Å²) in [5.74, 6) is 0. The summed E-state index contributed by atoms with van der Waals surface area (Å²) in [5.41, 5.74) is 13.5. The number of nitrogens with zero attached hydrogens (tertiary/aromatic N) is 3. The van der Waals surface area contributed by atoms with Crippen LogP contribution in [0.15, 0.2) is 200 Å². The molecule has 4 heterocycles. The molecule has 266 valence electrons. The van der Waals surface area contributed by atoms with Crippen LogP contribution in [-0.2, 0) is 0 Å². The lowest BCUT2D eigenvalue weighted by molar-refractivity contribution is 1.18. The smallest absolute Gasteiger partial charge is 0.0715 e. The van der Waals surface area contributed by atoms with Gasteiger partial charge in [0.25, 0.3) is 0 Å². The highest BCUT2D eigenvalue weighted by Crippen LogP contribution is 2.43. The van der Waals surface area contributed by atoms with Gasteiger partial charge in [0.1, 0.15) is 0 Å². The highest BCUT2D eigenvalue weighted by Gasteiger charge is 2.20. The molecule has 0 N–H and O–H groups in total. The van der Waals surface area contributed by atoms with Crippen molar-refractivity contribution in [3.63, 3.8) is 0 Å². The van der Waals surface area contributed by atoms with Gasteiger partial charge in [-0.2, -0.15) is 0 Å². The zero-order valence-corrected chi connectivity index (χ0v) is 31.6. The van der Waals surface area contributed by atoms with Gasteiger partial charge < -0.3 is 9.13 Å². The quantitative estimate of drug-likeness (QED) is 0.172. The van der Waals surface area contributed by atoms with Gasteiger partial charge in [-0.05, 0) is 71.8 Å². The molecule has 0 unspecified atom stereocenters. The second-order valence-corrected chi connectivity index (χ2v) is 15.8. The zero-order valence-electron chi connectivity index (χ0n) is 30.8. The van der Waals surface area contributed by atoms with E-state index in [9.17, 15) is 0 Å². The van der Waals surface area contributed by atoms with Crippen molar-refractivity contribution in [1.29, 1.82) is 0 Å². The Bertz CT molecular complexity index is 3460. The van der Waals surface area contributed by atoms with E-state index in [1.807, 2.05) is 11.3 Å². The Morgan fingerprint density at radius 2 is 0.860 bits per heavy atom. The van der Waals surface area contributed by atoms with E-state index in [1.54, 1.807) is 0 Å². The van der Waals surface area contributed by atoms with Gasteiger partial charge in [0.05, 0.1) is 43.8 Å². The van der Waals surface area contributed by atoms with Crippen molar-refractivity contribution in [2.24, 2.45) is 0 Å². The molecule has 0 aliphatic heterocycles. The average Bonchev–Trinajstić information content (AvgIpc) is 3.93. The SMILES string of the molecule is c1ccc(-c2cc(-c3cccc(-n4c5ccccc5c5cc6c(cc54)c4ccccc4n6-c4cccc5c4sc4ccccc45)c3)cc(-c3ccccc3)n2)cc1. The Labute approximate surface area is 333 Å². The van der Waals surface area contributed by atoms with Crippen LogP contribution in [0.4, 0.5) is 0 Å². The number of thiophene rings is 1. The number of aromatic nitrogens is 3. The van der Waals surface area contributed by atoms with Gasteiger partial charge in [-0.1, -0.05) is 140 Å². The Balaban J connectivity index is 1.09. The number of benzene rings is 8. The van der Waals surface area contributed by atoms with Gasteiger partial charge in [0.2, 0.25) is 0 Å². The predicted molar refractivity (Wildman–Crippen MR) is 242 cm³/mol. The van der Waals surface area contributed by atoms with Gasteiger partial charge in [-0.3, -0.25) is 0 Å². The van der Waals surface area contributed by atoms with Crippen LogP contribution in [0.5, 0.6) is 0 Å². The zero-order chi connectivity index (χ0) is 37.5. The molecule has 12 aromatic rings. The standard InChI is InChI=1S/C53H33N3S/c1-3-15-34(16-4-1)45-30-37(31-46(54-45)35-17-5-2-6-18-35)36-19-13-20-38(29-36)55-47-25-10-7-21-39(47)43-33-51-44(32-50(43)55)40-22-8-11-26-48(40)56(51)49-27-14-24-42-41-23-9-12-28-52(41)57-53(42)49/h1-33H. The third-order valence-electron chi connectivity index (χ3n) is 11.5. The average molecular weight is 744 g/mol. The minimum absolute atomic E-state index is 0.958. The molecule has 0 amide bonds. The largest absolute Gasteiger partial charge is 0.309 e. The minimum Gasteiger partial charge on any atom is -0.309 e. The van der Waals surface area contributed by atoms with Crippen LogP contribution in [0.2, 0.25) is 0 Å². The molecule has 4 heteroatoms.